The summed E-state index contributed by atoms with van der Waals surface area (Å²) in [6, 6.07) is 9.23. The largest absolute Gasteiger partial charge is 0.465 e. The van der Waals surface area contributed by atoms with Crippen LogP contribution in [0.25, 0.3) is 0 Å². The molecule has 0 aliphatic carbocycles. The van der Waals surface area contributed by atoms with E-state index >= 15 is 0 Å². The van der Waals surface area contributed by atoms with Gasteiger partial charge in [0, 0.05) is 6.54 Å². The number of hydrogen-bond acceptors (Lipinski definition) is 3. The Morgan fingerprint density at radius 2 is 2.00 bits per heavy atom. The zero-order chi connectivity index (χ0) is 13.4. The quantitative estimate of drug-likeness (QED) is 0.620. The van der Waals surface area contributed by atoms with Crippen LogP contribution in [0.2, 0.25) is 0 Å². The molecular weight excluding hydrogens is 226 g/mol. The minimum atomic E-state index is -0.401. The molecule has 1 atom stereocenters. The second-order valence-corrected chi connectivity index (χ2v) is 4.29. The van der Waals surface area contributed by atoms with Gasteiger partial charge in [-0.25, -0.2) is 4.79 Å². The maximum atomic E-state index is 11.9. The summed E-state index contributed by atoms with van der Waals surface area (Å²) in [5.41, 5.74) is 2.15. The second kappa shape index (κ2) is 7.67. The van der Waals surface area contributed by atoms with Gasteiger partial charge in [-0.1, -0.05) is 42.0 Å². The number of carbonyl (C=O) groups is 1. The summed E-state index contributed by atoms with van der Waals surface area (Å²) in [5, 5.41) is 3.20. The van der Waals surface area contributed by atoms with Crippen molar-refractivity contribution in [1.29, 1.82) is 0 Å². The molecule has 3 heteroatoms. The first-order chi connectivity index (χ1) is 8.65. The number of benzene rings is 1. The Hall–Kier alpha value is -1.61. The fraction of sp³-hybridized carbons (Fsp3) is 0.400. The zero-order valence-electron chi connectivity index (χ0n) is 11.3. The molecule has 1 N–H and O–H groups in total. The van der Waals surface area contributed by atoms with Crippen molar-refractivity contribution in [3.63, 3.8) is 0 Å². The Balaban J connectivity index is 2.76. The first-order valence-electron chi connectivity index (χ1n) is 6.23. The smallest absolute Gasteiger partial charge is 0.327 e. The van der Waals surface area contributed by atoms with E-state index < -0.39 is 6.04 Å². The zero-order valence-corrected chi connectivity index (χ0v) is 11.3. The summed E-state index contributed by atoms with van der Waals surface area (Å²) in [4.78, 5) is 11.9. The van der Waals surface area contributed by atoms with Crippen LogP contribution in [-0.4, -0.2) is 19.1 Å². The van der Waals surface area contributed by atoms with Crippen molar-refractivity contribution >= 4 is 5.97 Å². The third-order valence-corrected chi connectivity index (χ3v) is 2.49. The van der Waals surface area contributed by atoms with E-state index in [0.29, 0.717) is 13.2 Å². The highest BCUT2D eigenvalue weighted by Gasteiger charge is 2.20. The average molecular weight is 247 g/mol. The molecule has 0 heterocycles. The average Bonchev–Trinajstić information content (AvgIpc) is 2.35. The van der Waals surface area contributed by atoms with Crippen LogP contribution >= 0.6 is 0 Å². The lowest BCUT2D eigenvalue weighted by molar-refractivity contribution is -0.145. The molecule has 1 unspecified atom stereocenters. The van der Waals surface area contributed by atoms with Crippen LogP contribution in [0, 0.1) is 0 Å². The monoisotopic (exact) mass is 247 g/mol. The molecule has 0 aliphatic rings. The van der Waals surface area contributed by atoms with Crippen molar-refractivity contribution in [2.75, 3.05) is 13.2 Å². The maximum absolute atomic E-state index is 11.9. The Morgan fingerprint density at radius 1 is 1.33 bits per heavy atom. The van der Waals surface area contributed by atoms with Gasteiger partial charge in [-0.15, -0.1) is 0 Å². The number of hydrogen-bond donors (Lipinski definition) is 1. The Morgan fingerprint density at radius 3 is 2.56 bits per heavy atom. The minimum Gasteiger partial charge on any atom is -0.465 e. The topological polar surface area (TPSA) is 38.3 Å². The number of allylic oxidation sites excluding steroid dienone is 1. The van der Waals surface area contributed by atoms with Gasteiger partial charge in [-0.05, 0) is 26.3 Å². The molecule has 98 valence electrons. The van der Waals surface area contributed by atoms with E-state index in [2.05, 4.69) is 11.4 Å². The standard InChI is InChI=1S/C15H21NO2/c1-4-18-15(17)14(16-11-10-12(2)3)13-8-6-5-7-9-13/h5-10,14,16H,4,11H2,1-3H3. The van der Waals surface area contributed by atoms with E-state index in [4.69, 9.17) is 4.74 Å². The normalized spacial score (nSPS) is 11.7. The van der Waals surface area contributed by atoms with Gasteiger partial charge in [0.1, 0.15) is 6.04 Å². The van der Waals surface area contributed by atoms with Gasteiger partial charge in [0.25, 0.3) is 0 Å². The van der Waals surface area contributed by atoms with Crippen molar-refractivity contribution in [1.82, 2.24) is 5.32 Å². The molecule has 0 radical (unpaired) electrons. The highest BCUT2D eigenvalue weighted by molar-refractivity contribution is 5.77. The number of ether oxygens (including phenoxy) is 1. The third-order valence-electron chi connectivity index (χ3n) is 2.49. The van der Waals surface area contributed by atoms with Gasteiger partial charge in [0.05, 0.1) is 6.61 Å². The molecule has 0 aliphatic heterocycles. The van der Waals surface area contributed by atoms with E-state index in [-0.39, 0.29) is 5.97 Å². The maximum Gasteiger partial charge on any atom is 0.327 e. The molecule has 0 fully saturated rings. The van der Waals surface area contributed by atoms with E-state index in [9.17, 15) is 4.79 Å². The van der Waals surface area contributed by atoms with E-state index in [1.54, 1.807) is 0 Å². The Kier molecular flexibility index (Phi) is 6.15. The summed E-state index contributed by atoms with van der Waals surface area (Å²) >= 11 is 0. The lowest BCUT2D eigenvalue weighted by Gasteiger charge is -2.16. The van der Waals surface area contributed by atoms with Crippen LogP contribution < -0.4 is 5.32 Å². The molecule has 1 aromatic rings. The molecule has 0 amide bonds. The van der Waals surface area contributed by atoms with Crippen LogP contribution in [0.15, 0.2) is 42.0 Å². The molecule has 0 aromatic heterocycles. The summed E-state index contributed by atoms with van der Waals surface area (Å²) < 4.78 is 5.09. The molecule has 0 saturated carbocycles. The summed E-state index contributed by atoms with van der Waals surface area (Å²) in [5.74, 6) is -0.231. The van der Waals surface area contributed by atoms with Crippen molar-refractivity contribution in [3.05, 3.63) is 47.5 Å². The third kappa shape index (κ3) is 4.72. The lowest BCUT2D eigenvalue weighted by Crippen LogP contribution is -2.30. The highest BCUT2D eigenvalue weighted by atomic mass is 16.5. The summed E-state index contributed by atoms with van der Waals surface area (Å²) in [6.45, 7) is 6.93. The fourth-order valence-corrected chi connectivity index (χ4v) is 1.59. The van der Waals surface area contributed by atoms with Crippen LogP contribution in [0.4, 0.5) is 0 Å². The SMILES string of the molecule is CCOC(=O)C(NCC=C(C)C)c1ccccc1. The highest BCUT2D eigenvalue weighted by Crippen LogP contribution is 2.14. The lowest BCUT2D eigenvalue weighted by atomic mass is 10.1. The molecule has 18 heavy (non-hydrogen) atoms. The summed E-state index contributed by atoms with van der Waals surface area (Å²) in [7, 11) is 0. The fourth-order valence-electron chi connectivity index (χ4n) is 1.59. The van der Waals surface area contributed by atoms with Crippen molar-refractivity contribution in [2.45, 2.75) is 26.8 Å². The predicted octanol–water partition coefficient (Wildman–Crippen LogP) is 2.85. The number of nitrogens with one attached hydrogen (secondary N) is 1. The van der Waals surface area contributed by atoms with Gasteiger partial charge < -0.3 is 4.74 Å². The van der Waals surface area contributed by atoms with E-state index in [1.807, 2.05) is 51.1 Å². The van der Waals surface area contributed by atoms with Gasteiger partial charge in [0.15, 0.2) is 0 Å². The van der Waals surface area contributed by atoms with Gasteiger partial charge in [-0.2, -0.15) is 0 Å². The first kappa shape index (κ1) is 14.5. The van der Waals surface area contributed by atoms with Gasteiger partial charge >= 0.3 is 5.97 Å². The molecule has 1 rings (SSSR count). The van der Waals surface area contributed by atoms with E-state index in [1.165, 1.54) is 5.57 Å². The molecular formula is C15H21NO2. The number of rotatable bonds is 6. The Labute approximate surface area is 109 Å². The Bertz CT molecular complexity index is 394. The number of esters is 1. The predicted molar refractivity (Wildman–Crippen MR) is 73.2 cm³/mol. The van der Waals surface area contributed by atoms with Crippen LogP contribution in [-0.2, 0) is 9.53 Å². The van der Waals surface area contributed by atoms with Gasteiger partial charge in [-0.3, -0.25) is 5.32 Å². The first-order valence-corrected chi connectivity index (χ1v) is 6.23. The van der Waals surface area contributed by atoms with Crippen molar-refractivity contribution in [2.24, 2.45) is 0 Å². The molecule has 1 aromatic carbocycles. The van der Waals surface area contributed by atoms with E-state index in [0.717, 1.165) is 5.56 Å². The molecule has 0 saturated heterocycles. The minimum absolute atomic E-state index is 0.231. The van der Waals surface area contributed by atoms with Crippen LogP contribution in [0.3, 0.4) is 0 Å². The van der Waals surface area contributed by atoms with Crippen molar-refractivity contribution < 1.29 is 9.53 Å². The second-order valence-electron chi connectivity index (χ2n) is 4.29. The molecule has 3 nitrogen and oxygen atoms in total. The van der Waals surface area contributed by atoms with Crippen LogP contribution in [0.1, 0.15) is 32.4 Å². The molecule has 0 spiro atoms. The molecule has 0 bridgehead atoms. The van der Waals surface area contributed by atoms with Crippen molar-refractivity contribution in [3.8, 4) is 0 Å². The number of carbonyl (C=O) groups excluding carboxylic acids is 1. The summed E-state index contributed by atoms with van der Waals surface area (Å²) in [6.07, 6.45) is 2.05. The van der Waals surface area contributed by atoms with Gasteiger partial charge in [0.2, 0.25) is 0 Å². The van der Waals surface area contributed by atoms with Crippen LogP contribution in [0.5, 0.6) is 0 Å².